The normalized spacial score (nSPS) is 13.2. The van der Waals surface area contributed by atoms with Crippen LogP contribution in [0.3, 0.4) is 0 Å². The highest BCUT2D eigenvalue weighted by atomic mass is 16.7. The Hall–Kier alpha value is -2.50. The number of carbonyl (C=O) groups is 2. The van der Waals surface area contributed by atoms with Gasteiger partial charge < -0.3 is 19.3 Å². The van der Waals surface area contributed by atoms with Crippen molar-refractivity contribution in [2.24, 2.45) is 0 Å². The van der Waals surface area contributed by atoms with Crippen LogP contribution in [-0.4, -0.2) is 30.4 Å². The lowest BCUT2D eigenvalue weighted by Gasteiger charge is -2.05. The summed E-state index contributed by atoms with van der Waals surface area (Å²) in [5.74, 6) is -0.534. The number of rotatable bonds is 5. The number of hydrogen-bond donors (Lipinski definition) is 1. The fraction of sp³-hybridized carbons (Fsp3) is 0.286. The lowest BCUT2D eigenvalue weighted by Crippen LogP contribution is -2.11. The highest BCUT2D eigenvalue weighted by Crippen LogP contribution is 2.33. The van der Waals surface area contributed by atoms with Crippen molar-refractivity contribution < 1.29 is 28.9 Å². The summed E-state index contributed by atoms with van der Waals surface area (Å²) in [5.41, 5.74) is 0.733. The second-order valence-corrected chi connectivity index (χ2v) is 4.07. The zero-order chi connectivity index (χ0) is 14.5. The van der Waals surface area contributed by atoms with Crippen molar-refractivity contribution in [1.29, 1.82) is 0 Å². The molecule has 0 aliphatic carbocycles. The van der Waals surface area contributed by atoms with Crippen molar-refractivity contribution in [2.75, 3.05) is 13.4 Å². The molecule has 0 radical (unpaired) electrons. The molecule has 0 fully saturated rings. The van der Waals surface area contributed by atoms with E-state index in [1.54, 1.807) is 25.1 Å². The molecule has 0 bridgehead atoms. The van der Waals surface area contributed by atoms with Gasteiger partial charge in [-0.25, -0.2) is 4.79 Å². The van der Waals surface area contributed by atoms with E-state index in [-0.39, 0.29) is 19.0 Å². The molecule has 1 aromatic carbocycles. The third-order valence-corrected chi connectivity index (χ3v) is 2.62. The molecule has 1 aliphatic heterocycles. The number of ether oxygens (including phenoxy) is 3. The molecule has 1 aromatic rings. The van der Waals surface area contributed by atoms with Crippen LogP contribution >= 0.6 is 0 Å². The summed E-state index contributed by atoms with van der Waals surface area (Å²) in [6.07, 6.45) is 1.08. The molecule has 0 saturated carbocycles. The first-order valence-electron chi connectivity index (χ1n) is 6.09. The number of aliphatic carboxylic acids is 1. The number of fused-ring (bicyclic) bond motifs is 1. The Labute approximate surface area is 115 Å². The van der Waals surface area contributed by atoms with E-state index < -0.39 is 18.4 Å². The predicted octanol–water partition coefficient (Wildman–Crippen LogP) is 1.84. The Balaban J connectivity index is 2.27. The highest BCUT2D eigenvalue weighted by molar-refractivity contribution is 5.98. The molecular formula is C14H14O6. The average Bonchev–Trinajstić information content (AvgIpc) is 2.85. The standard InChI is InChI=1S/C14H14O6/c1-2-18-14(17)10(7-13(15)16)5-9-3-4-11-12(6-9)20-8-19-11/h3-6H,2,7-8H2,1H3,(H,15,16)/b10-5+. The third kappa shape index (κ3) is 3.28. The molecule has 1 N–H and O–H groups in total. The molecular weight excluding hydrogens is 264 g/mol. The average molecular weight is 278 g/mol. The molecule has 0 aromatic heterocycles. The summed E-state index contributed by atoms with van der Waals surface area (Å²) < 4.78 is 15.2. The van der Waals surface area contributed by atoms with Gasteiger partial charge in [-0.05, 0) is 30.7 Å². The van der Waals surface area contributed by atoms with Crippen LogP contribution in [0.2, 0.25) is 0 Å². The summed E-state index contributed by atoms with van der Waals surface area (Å²) in [6, 6.07) is 5.11. The van der Waals surface area contributed by atoms with E-state index in [9.17, 15) is 9.59 Å². The number of benzene rings is 1. The van der Waals surface area contributed by atoms with Crippen molar-refractivity contribution in [2.45, 2.75) is 13.3 Å². The third-order valence-electron chi connectivity index (χ3n) is 2.62. The summed E-state index contributed by atoms with van der Waals surface area (Å²) >= 11 is 0. The number of esters is 1. The molecule has 6 heteroatoms. The van der Waals surface area contributed by atoms with E-state index in [1.807, 2.05) is 0 Å². The molecule has 0 saturated heterocycles. The van der Waals surface area contributed by atoms with Gasteiger partial charge in [-0.15, -0.1) is 0 Å². The zero-order valence-electron chi connectivity index (χ0n) is 10.9. The first-order chi connectivity index (χ1) is 9.60. The van der Waals surface area contributed by atoms with Crippen molar-refractivity contribution in [1.82, 2.24) is 0 Å². The Bertz CT molecular complexity index is 561. The zero-order valence-corrected chi connectivity index (χ0v) is 10.9. The van der Waals surface area contributed by atoms with Gasteiger partial charge in [0.25, 0.3) is 0 Å². The first-order valence-corrected chi connectivity index (χ1v) is 6.09. The maximum atomic E-state index is 11.7. The van der Waals surface area contributed by atoms with Crippen LogP contribution in [-0.2, 0) is 14.3 Å². The Morgan fingerprint density at radius 3 is 2.80 bits per heavy atom. The van der Waals surface area contributed by atoms with E-state index in [0.29, 0.717) is 17.1 Å². The number of carboxylic acid groups (broad SMARTS) is 1. The first kappa shape index (κ1) is 13.9. The van der Waals surface area contributed by atoms with Crippen LogP contribution in [0.25, 0.3) is 6.08 Å². The molecule has 0 spiro atoms. The van der Waals surface area contributed by atoms with Crippen LogP contribution in [0.1, 0.15) is 18.9 Å². The fourth-order valence-electron chi connectivity index (χ4n) is 1.77. The van der Waals surface area contributed by atoms with Gasteiger partial charge in [-0.1, -0.05) is 6.07 Å². The van der Waals surface area contributed by atoms with Crippen molar-refractivity contribution in [3.05, 3.63) is 29.3 Å². The maximum Gasteiger partial charge on any atom is 0.334 e. The van der Waals surface area contributed by atoms with Crippen LogP contribution in [0.4, 0.5) is 0 Å². The Morgan fingerprint density at radius 2 is 2.10 bits per heavy atom. The minimum Gasteiger partial charge on any atom is -0.481 e. The van der Waals surface area contributed by atoms with Gasteiger partial charge in [0.1, 0.15) is 0 Å². The lowest BCUT2D eigenvalue weighted by molar-refractivity contribution is -0.142. The fourth-order valence-corrected chi connectivity index (χ4v) is 1.77. The monoisotopic (exact) mass is 278 g/mol. The van der Waals surface area contributed by atoms with Gasteiger partial charge >= 0.3 is 11.9 Å². The van der Waals surface area contributed by atoms with E-state index in [2.05, 4.69) is 0 Å². The second kappa shape index (κ2) is 6.10. The Morgan fingerprint density at radius 1 is 1.35 bits per heavy atom. The van der Waals surface area contributed by atoms with Gasteiger partial charge in [0.2, 0.25) is 6.79 Å². The van der Waals surface area contributed by atoms with E-state index in [0.717, 1.165) is 0 Å². The molecule has 1 aliphatic rings. The summed E-state index contributed by atoms with van der Waals surface area (Å²) in [7, 11) is 0. The number of hydrogen-bond acceptors (Lipinski definition) is 5. The van der Waals surface area contributed by atoms with Gasteiger partial charge in [-0.3, -0.25) is 4.79 Å². The van der Waals surface area contributed by atoms with Crippen molar-refractivity contribution in [3.63, 3.8) is 0 Å². The maximum absolute atomic E-state index is 11.7. The quantitative estimate of drug-likeness (QED) is 0.653. The molecule has 2 rings (SSSR count). The summed E-state index contributed by atoms with van der Waals surface area (Å²) in [6.45, 7) is 2.01. The molecule has 106 valence electrons. The minimum absolute atomic E-state index is 0.0817. The topological polar surface area (TPSA) is 82.1 Å². The van der Waals surface area contributed by atoms with Crippen LogP contribution in [0.15, 0.2) is 23.8 Å². The number of carboxylic acids is 1. The van der Waals surface area contributed by atoms with Crippen LogP contribution in [0.5, 0.6) is 11.5 Å². The van der Waals surface area contributed by atoms with Gasteiger partial charge in [-0.2, -0.15) is 0 Å². The smallest absolute Gasteiger partial charge is 0.334 e. The van der Waals surface area contributed by atoms with Gasteiger partial charge in [0, 0.05) is 5.57 Å². The van der Waals surface area contributed by atoms with Crippen LogP contribution in [0, 0.1) is 0 Å². The predicted molar refractivity (Wildman–Crippen MR) is 69.4 cm³/mol. The molecule has 0 unspecified atom stereocenters. The van der Waals surface area contributed by atoms with E-state index in [4.69, 9.17) is 19.3 Å². The van der Waals surface area contributed by atoms with E-state index in [1.165, 1.54) is 6.08 Å². The highest BCUT2D eigenvalue weighted by Gasteiger charge is 2.16. The Kier molecular flexibility index (Phi) is 4.24. The minimum atomic E-state index is -1.09. The van der Waals surface area contributed by atoms with Crippen molar-refractivity contribution >= 4 is 18.0 Å². The van der Waals surface area contributed by atoms with Gasteiger partial charge in [0.15, 0.2) is 11.5 Å². The molecule has 0 amide bonds. The molecule has 20 heavy (non-hydrogen) atoms. The molecule has 0 atom stereocenters. The van der Waals surface area contributed by atoms with Gasteiger partial charge in [0.05, 0.1) is 13.0 Å². The molecule has 6 nitrogen and oxygen atoms in total. The van der Waals surface area contributed by atoms with Crippen LogP contribution < -0.4 is 9.47 Å². The summed E-state index contributed by atoms with van der Waals surface area (Å²) in [5, 5.41) is 8.84. The second-order valence-electron chi connectivity index (χ2n) is 4.07. The van der Waals surface area contributed by atoms with E-state index >= 15 is 0 Å². The van der Waals surface area contributed by atoms with Crippen molar-refractivity contribution in [3.8, 4) is 11.5 Å². The largest absolute Gasteiger partial charge is 0.481 e. The number of carbonyl (C=O) groups excluding carboxylic acids is 1. The summed E-state index contributed by atoms with van der Waals surface area (Å²) in [4.78, 5) is 22.5. The SMILES string of the molecule is CCOC(=O)/C(=C/c1ccc2c(c1)OCO2)CC(=O)O. The molecule has 1 heterocycles. The lowest BCUT2D eigenvalue weighted by atomic mass is 10.1.